The van der Waals surface area contributed by atoms with E-state index < -0.39 is 0 Å². The van der Waals surface area contributed by atoms with Crippen LogP contribution < -0.4 is 10.1 Å². The van der Waals surface area contributed by atoms with E-state index in [-0.39, 0.29) is 0 Å². The summed E-state index contributed by atoms with van der Waals surface area (Å²) in [6, 6.07) is 6.53. The van der Waals surface area contributed by atoms with Crippen molar-refractivity contribution in [1.82, 2.24) is 14.9 Å². The second kappa shape index (κ2) is 5.45. The molecule has 0 unspecified atom stereocenters. The molecule has 100 valence electrons. The summed E-state index contributed by atoms with van der Waals surface area (Å²) in [6.45, 7) is 2.62. The van der Waals surface area contributed by atoms with Crippen molar-refractivity contribution in [3.63, 3.8) is 0 Å². The first-order valence-electron chi connectivity index (χ1n) is 6.75. The molecule has 2 heterocycles. The fourth-order valence-corrected chi connectivity index (χ4v) is 2.45. The molecular formula is C15H19N3O. The maximum Gasteiger partial charge on any atom is 0.122 e. The molecule has 0 saturated carbocycles. The van der Waals surface area contributed by atoms with Crippen molar-refractivity contribution >= 4 is 0 Å². The van der Waals surface area contributed by atoms with Crippen molar-refractivity contribution < 1.29 is 4.74 Å². The molecule has 0 spiro atoms. The molecule has 0 fully saturated rings. The molecule has 4 nitrogen and oxygen atoms in total. The predicted molar refractivity (Wildman–Crippen MR) is 74.3 cm³/mol. The zero-order chi connectivity index (χ0) is 13.1. The Labute approximate surface area is 113 Å². The first-order valence-corrected chi connectivity index (χ1v) is 6.75. The molecule has 1 N–H and O–H groups in total. The van der Waals surface area contributed by atoms with E-state index in [9.17, 15) is 0 Å². The average molecular weight is 257 g/mol. The molecule has 2 aromatic rings. The molecule has 1 aliphatic rings. The van der Waals surface area contributed by atoms with Crippen molar-refractivity contribution in [2.45, 2.75) is 25.9 Å². The molecule has 19 heavy (non-hydrogen) atoms. The Balaban J connectivity index is 1.62. The number of aryl methyl sites for hydroxylation is 2. The van der Waals surface area contributed by atoms with E-state index >= 15 is 0 Å². The maximum atomic E-state index is 5.52. The summed E-state index contributed by atoms with van der Waals surface area (Å²) in [5.41, 5.74) is 3.80. The van der Waals surface area contributed by atoms with Crippen molar-refractivity contribution in [1.29, 1.82) is 0 Å². The molecule has 0 saturated heterocycles. The number of rotatable bonds is 5. The SMILES string of the molecule is CNCc1cn(CCc2ccc3c(c2)CCO3)cn1. The van der Waals surface area contributed by atoms with Gasteiger partial charge >= 0.3 is 0 Å². The van der Waals surface area contributed by atoms with E-state index in [0.29, 0.717) is 0 Å². The number of ether oxygens (including phenoxy) is 1. The number of imidazole rings is 1. The summed E-state index contributed by atoms with van der Waals surface area (Å²) < 4.78 is 7.67. The normalized spacial score (nSPS) is 13.3. The van der Waals surface area contributed by atoms with Crippen molar-refractivity contribution in [3.05, 3.63) is 47.5 Å². The molecule has 0 amide bonds. The van der Waals surface area contributed by atoms with E-state index in [4.69, 9.17) is 4.74 Å². The molecule has 1 aromatic carbocycles. The first kappa shape index (κ1) is 12.2. The van der Waals surface area contributed by atoms with Crippen molar-refractivity contribution in [3.8, 4) is 5.75 Å². The summed E-state index contributed by atoms with van der Waals surface area (Å²) in [5.74, 6) is 1.06. The van der Waals surface area contributed by atoms with E-state index in [1.165, 1.54) is 11.1 Å². The fraction of sp³-hybridized carbons (Fsp3) is 0.400. The Morgan fingerprint density at radius 3 is 3.26 bits per heavy atom. The van der Waals surface area contributed by atoms with Crippen LogP contribution in [0.15, 0.2) is 30.7 Å². The van der Waals surface area contributed by atoms with Crippen LogP contribution in [-0.4, -0.2) is 23.2 Å². The minimum atomic E-state index is 0.823. The van der Waals surface area contributed by atoms with Gasteiger partial charge in [0.15, 0.2) is 0 Å². The highest BCUT2D eigenvalue weighted by molar-refractivity contribution is 5.39. The monoisotopic (exact) mass is 257 g/mol. The van der Waals surface area contributed by atoms with Gasteiger partial charge in [0, 0.05) is 25.7 Å². The Bertz CT molecular complexity index is 562. The van der Waals surface area contributed by atoms with Crippen LogP contribution >= 0.6 is 0 Å². The topological polar surface area (TPSA) is 39.1 Å². The lowest BCUT2D eigenvalue weighted by Crippen LogP contribution is -2.05. The van der Waals surface area contributed by atoms with Crippen LogP contribution in [0.2, 0.25) is 0 Å². The van der Waals surface area contributed by atoms with Crippen molar-refractivity contribution in [2.75, 3.05) is 13.7 Å². The standard InChI is InChI=1S/C15H19N3O/c1-16-9-14-10-18(11-17-14)6-4-12-2-3-15-13(8-12)5-7-19-15/h2-3,8,10-11,16H,4-7,9H2,1H3. The van der Waals surface area contributed by atoms with Gasteiger partial charge in [-0.25, -0.2) is 4.98 Å². The summed E-state index contributed by atoms with van der Waals surface area (Å²) in [4.78, 5) is 4.36. The molecule has 0 atom stereocenters. The van der Waals surface area contributed by atoms with Gasteiger partial charge in [0.25, 0.3) is 0 Å². The Morgan fingerprint density at radius 1 is 1.42 bits per heavy atom. The quantitative estimate of drug-likeness (QED) is 0.887. The molecule has 0 aliphatic carbocycles. The van der Waals surface area contributed by atoms with Gasteiger partial charge in [0.05, 0.1) is 18.6 Å². The highest BCUT2D eigenvalue weighted by atomic mass is 16.5. The van der Waals surface area contributed by atoms with E-state index in [1.54, 1.807) is 0 Å². The number of fused-ring (bicyclic) bond motifs is 1. The second-order valence-electron chi connectivity index (χ2n) is 4.92. The van der Waals surface area contributed by atoms with Gasteiger partial charge < -0.3 is 14.6 Å². The summed E-state index contributed by atoms with van der Waals surface area (Å²) in [6.07, 6.45) is 6.08. The Morgan fingerprint density at radius 2 is 2.37 bits per heavy atom. The zero-order valence-electron chi connectivity index (χ0n) is 11.2. The lowest BCUT2D eigenvalue weighted by Gasteiger charge is -2.05. The van der Waals surface area contributed by atoms with Crippen LogP contribution in [0.5, 0.6) is 5.75 Å². The highest BCUT2D eigenvalue weighted by Gasteiger charge is 2.11. The van der Waals surface area contributed by atoms with Gasteiger partial charge in [0.1, 0.15) is 5.75 Å². The molecule has 3 rings (SSSR count). The Hall–Kier alpha value is -1.81. The summed E-state index contributed by atoms with van der Waals surface area (Å²) in [7, 11) is 1.94. The second-order valence-corrected chi connectivity index (χ2v) is 4.92. The maximum absolute atomic E-state index is 5.52. The lowest BCUT2D eigenvalue weighted by molar-refractivity contribution is 0.357. The van der Waals surface area contributed by atoms with Crippen LogP contribution in [0.25, 0.3) is 0 Å². The lowest BCUT2D eigenvalue weighted by atomic mass is 10.1. The number of nitrogens with zero attached hydrogens (tertiary/aromatic N) is 2. The zero-order valence-corrected chi connectivity index (χ0v) is 11.2. The molecule has 0 bridgehead atoms. The van der Waals surface area contributed by atoms with Crippen LogP contribution in [0.1, 0.15) is 16.8 Å². The summed E-state index contributed by atoms with van der Waals surface area (Å²) >= 11 is 0. The van der Waals surface area contributed by atoms with Crippen LogP contribution in [-0.2, 0) is 25.9 Å². The number of hydrogen-bond acceptors (Lipinski definition) is 3. The third-order valence-electron chi connectivity index (χ3n) is 3.46. The van der Waals surface area contributed by atoms with Gasteiger partial charge in [-0.15, -0.1) is 0 Å². The Kier molecular flexibility index (Phi) is 3.51. The van der Waals surface area contributed by atoms with Crippen LogP contribution in [0.4, 0.5) is 0 Å². The number of benzene rings is 1. The molecule has 0 radical (unpaired) electrons. The van der Waals surface area contributed by atoms with E-state index in [0.717, 1.165) is 44.0 Å². The first-order chi connectivity index (χ1) is 9.35. The average Bonchev–Trinajstić information content (AvgIpc) is 3.04. The fourth-order valence-electron chi connectivity index (χ4n) is 2.45. The molecule has 1 aliphatic heterocycles. The largest absolute Gasteiger partial charge is 0.493 e. The van der Waals surface area contributed by atoms with Gasteiger partial charge in [-0.05, 0) is 30.7 Å². The van der Waals surface area contributed by atoms with Crippen molar-refractivity contribution in [2.24, 2.45) is 0 Å². The van der Waals surface area contributed by atoms with Gasteiger partial charge in [0.2, 0.25) is 0 Å². The minimum absolute atomic E-state index is 0.823. The van der Waals surface area contributed by atoms with E-state index in [1.807, 2.05) is 13.4 Å². The highest BCUT2D eigenvalue weighted by Crippen LogP contribution is 2.26. The smallest absolute Gasteiger partial charge is 0.122 e. The van der Waals surface area contributed by atoms with Crippen LogP contribution in [0.3, 0.4) is 0 Å². The number of hydrogen-bond donors (Lipinski definition) is 1. The third-order valence-corrected chi connectivity index (χ3v) is 3.46. The predicted octanol–water partition coefficient (Wildman–Crippen LogP) is 1.78. The van der Waals surface area contributed by atoms with E-state index in [2.05, 4.69) is 39.3 Å². The molecular weight excluding hydrogens is 238 g/mol. The third kappa shape index (κ3) is 2.79. The number of aromatic nitrogens is 2. The molecule has 4 heteroatoms. The van der Waals surface area contributed by atoms with Gasteiger partial charge in [-0.3, -0.25) is 0 Å². The minimum Gasteiger partial charge on any atom is -0.493 e. The summed E-state index contributed by atoms with van der Waals surface area (Å²) in [5, 5.41) is 3.11. The number of nitrogens with one attached hydrogen (secondary N) is 1. The van der Waals surface area contributed by atoms with Gasteiger partial charge in [-0.1, -0.05) is 12.1 Å². The molecule has 1 aromatic heterocycles. The van der Waals surface area contributed by atoms with Gasteiger partial charge in [-0.2, -0.15) is 0 Å². The van der Waals surface area contributed by atoms with Crippen LogP contribution in [0, 0.1) is 0 Å².